The average Bonchev–Trinajstić information content (AvgIpc) is 2.45. The summed E-state index contributed by atoms with van der Waals surface area (Å²) in [5.74, 6) is 1.09. The SMILES string of the molecule is CCCC/C=C/C1CCC/C(=C\c2cccnc2)O1. The highest BCUT2D eigenvalue weighted by molar-refractivity contribution is 5.50. The van der Waals surface area contributed by atoms with Gasteiger partial charge < -0.3 is 4.74 Å². The van der Waals surface area contributed by atoms with Crippen molar-refractivity contribution in [3.8, 4) is 0 Å². The minimum atomic E-state index is 0.258. The van der Waals surface area contributed by atoms with E-state index in [9.17, 15) is 0 Å². The van der Waals surface area contributed by atoms with E-state index in [0.29, 0.717) is 0 Å². The fraction of sp³-hybridized carbons (Fsp3) is 0.471. The lowest BCUT2D eigenvalue weighted by Crippen LogP contribution is -2.15. The average molecular weight is 257 g/mol. The Kier molecular flexibility index (Phi) is 5.67. The molecule has 1 aliphatic heterocycles. The Hall–Kier alpha value is -1.57. The molecule has 0 saturated carbocycles. The van der Waals surface area contributed by atoms with Gasteiger partial charge in [-0.05, 0) is 43.0 Å². The van der Waals surface area contributed by atoms with Crippen LogP contribution >= 0.6 is 0 Å². The third-order valence-corrected chi connectivity index (χ3v) is 3.30. The van der Waals surface area contributed by atoms with Crippen molar-refractivity contribution in [1.82, 2.24) is 4.98 Å². The molecule has 0 N–H and O–H groups in total. The summed E-state index contributed by atoms with van der Waals surface area (Å²) in [6, 6.07) is 4.02. The standard InChI is InChI=1S/C17H23NO/c1-2-3-4-5-9-16-10-6-11-17(19-16)13-15-8-7-12-18-14-15/h5,7-9,12-14,16H,2-4,6,10-11H2,1H3/b9-5+,17-13+. The number of rotatable bonds is 5. The van der Waals surface area contributed by atoms with Crippen molar-refractivity contribution >= 4 is 6.08 Å². The predicted octanol–water partition coefficient (Wildman–Crippen LogP) is 4.74. The Bertz CT molecular complexity index is 422. The molecule has 2 rings (SSSR count). The van der Waals surface area contributed by atoms with Crippen molar-refractivity contribution in [3.05, 3.63) is 48.0 Å². The van der Waals surface area contributed by atoms with E-state index < -0.39 is 0 Å². The summed E-state index contributed by atoms with van der Waals surface area (Å²) in [6.07, 6.45) is 17.6. The first-order valence-electron chi connectivity index (χ1n) is 7.32. The third kappa shape index (κ3) is 4.90. The van der Waals surface area contributed by atoms with Gasteiger partial charge in [-0.3, -0.25) is 4.98 Å². The largest absolute Gasteiger partial charge is 0.491 e. The molecule has 1 aliphatic rings. The van der Waals surface area contributed by atoms with Gasteiger partial charge in [-0.25, -0.2) is 0 Å². The van der Waals surface area contributed by atoms with E-state index in [4.69, 9.17) is 4.74 Å². The van der Waals surface area contributed by atoms with E-state index in [1.54, 1.807) is 6.20 Å². The molecule has 0 bridgehead atoms. The molecule has 0 spiro atoms. The van der Waals surface area contributed by atoms with E-state index in [2.05, 4.69) is 36.2 Å². The van der Waals surface area contributed by atoms with Crippen molar-refractivity contribution in [2.24, 2.45) is 0 Å². The van der Waals surface area contributed by atoms with Crippen LogP contribution in [0.4, 0.5) is 0 Å². The monoisotopic (exact) mass is 257 g/mol. The quantitative estimate of drug-likeness (QED) is 0.561. The number of unbranched alkanes of at least 4 members (excludes halogenated alkanes) is 2. The number of aromatic nitrogens is 1. The van der Waals surface area contributed by atoms with Crippen LogP contribution < -0.4 is 0 Å². The molecule has 2 nitrogen and oxygen atoms in total. The summed E-state index contributed by atoms with van der Waals surface area (Å²) in [6.45, 7) is 2.22. The molecule has 1 unspecified atom stereocenters. The number of pyridine rings is 1. The molecule has 0 aliphatic carbocycles. The first-order chi connectivity index (χ1) is 9.38. The van der Waals surface area contributed by atoms with Gasteiger partial charge in [0.15, 0.2) is 0 Å². The molecule has 1 atom stereocenters. The lowest BCUT2D eigenvalue weighted by Gasteiger charge is -2.23. The predicted molar refractivity (Wildman–Crippen MR) is 79.6 cm³/mol. The van der Waals surface area contributed by atoms with Crippen molar-refractivity contribution in [1.29, 1.82) is 0 Å². The van der Waals surface area contributed by atoms with Crippen LogP contribution in [0.1, 0.15) is 51.0 Å². The van der Waals surface area contributed by atoms with Gasteiger partial charge in [0.05, 0.1) is 5.76 Å². The Balaban J connectivity index is 1.90. The minimum absolute atomic E-state index is 0.258. The molecule has 0 amide bonds. The number of ether oxygens (including phenoxy) is 1. The highest BCUT2D eigenvalue weighted by Gasteiger charge is 2.15. The molecule has 1 aromatic heterocycles. The molecule has 2 heterocycles. The second-order valence-electron chi connectivity index (χ2n) is 5.02. The van der Waals surface area contributed by atoms with Crippen LogP contribution in [0.25, 0.3) is 6.08 Å². The van der Waals surface area contributed by atoms with Crippen LogP contribution in [-0.4, -0.2) is 11.1 Å². The zero-order valence-electron chi connectivity index (χ0n) is 11.7. The molecule has 1 fully saturated rings. The van der Waals surface area contributed by atoms with Crippen molar-refractivity contribution < 1.29 is 4.74 Å². The molecule has 0 radical (unpaired) electrons. The van der Waals surface area contributed by atoms with Crippen LogP contribution in [-0.2, 0) is 4.74 Å². The second-order valence-corrected chi connectivity index (χ2v) is 5.02. The maximum Gasteiger partial charge on any atom is 0.116 e. The molecular weight excluding hydrogens is 234 g/mol. The maximum atomic E-state index is 6.02. The lowest BCUT2D eigenvalue weighted by molar-refractivity contribution is 0.111. The van der Waals surface area contributed by atoms with Crippen LogP contribution in [0.15, 0.2) is 42.4 Å². The maximum absolute atomic E-state index is 6.02. The van der Waals surface area contributed by atoms with Gasteiger partial charge in [0.25, 0.3) is 0 Å². The first kappa shape index (κ1) is 13.9. The second kappa shape index (κ2) is 7.78. The Morgan fingerprint density at radius 1 is 1.47 bits per heavy atom. The zero-order chi connectivity index (χ0) is 13.3. The summed E-state index contributed by atoms with van der Waals surface area (Å²) >= 11 is 0. The fourth-order valence-corrected chi connectivity index (χ4v) is 2.25. The van der Waals surface area contributed by atoms with Crippen LogP contribution in [0, 0.1) is 0 Å². The summed E-state index contributed by atoms with van der Waals surface area (Å²) < 4.78 is 6.02. The lowest BCUT2D eigenvalue weighted by atomic mass is 10.0. The molecular formula is C17H23NO. The topological polar surface area (TPSA) is 22.1 Å². The van der Waals surface area contributed by atoms with E-state index in [-0.39, 0.29) is 6.10 Å². The van der Waals surface area contributed by atoms with Gasteiger partial charge in [-0.15, -0.1) is 0 Å². The van der Waals surface area contributed by atoms with Gasteiger partial charge >= 0.3 is 0 Å². The van der Waals surface area contributed by atoms with E-state index in [1.165, 1.54) is 19.3 Å². The Morgan fingerprint density at radius 3 is 3.21 bits per heavy atom. The van der Waals surface area contributed by atoms with E-state index in [1.807, 2.05) is 12.3 Å². The minimum Gasteiger partial charge on any atom is -0.491 e. The first-order valence-corrected chi connectivity index (χ1v) is 7.32. The van der Waals surface area contributed by atoms with Gasteiger partial charge in [0.1, 0.15) is 6.10 Å². The van der Waals surface area contributed by atoms with Crippen LogP contribution in [0.3, 0.4) is 0 Å². The van der Waals surface area contributed by atoms with Crippen molar-refractivity contribution in [2.45, 2.75) is 51.6 Å². The number of allylic oxidation sites excluding steroid dienone is 2. The van der Waals surface area contributed by atoms with Gasteiger partial charge in [-0.1, -0.05) is 31.9 Å². The van der Waals surface area contributed by atoms with Crippen LogP contribution in [0.2, 0.25) is 0 Å². The van der Waals surface area contributed by atoms with Crippen molar-refractivity contribution in [2.75, 3.05) is 0 Å². The third-order valence-electron chi connectivity index (χ3n) is 3.30. The molecule has 1 saturated heterocycles. The highest BCUT2D eigenvalue weighted by atomic mass is 16.5. The zero-order valence-corrected chi connectivity index (χ0v) is 11.7. The fourth-order valence-electron chi connectivity index (χ4n) is 2.25. The van der Waals surface area contributed by atoms with Crippen LogP contribution in [0.5, 0.6) is 0 Å². The Labute approximate surface area is 116 Å². The summed E-state index contributed by atoms with van der Waals surface area (Å²) in [4.78, 5) is 4.13. The normalized spacial score (nSPS) is 21.7. The van der Waals surface area contributed by atoms with Crippen molar-refractivity contribution in [3.63, 3.8) is 0 Å². The molecule has 102 valence electrons. The van der Waals surface area contributed by atoms with Gasteiger partial charge in [-0.2, -0.15) is 0 Å². The number of hydrogen-bond donors (Lipinski definition) is 0. The molecule has 19 heavy (non-hydrogen) atoms. The molecule has 2 heteroatoms. The Morgan fingerprint density at radius 2 is 2.42 bits per heavy atom. The smallest absolute Gasteiger partial charge is 0.116 e. The van der Waals surface area contributed by atoms with E-state index in [0.717, 1.165) is 30.6 Å². The summed E-state index contributed by atoms with van der Waals surface area (Å²) in [5.41, 5.74) is 1.12. The molecule has 0 aromatic carbocycles. The van der Waals surface area contributed by atoms with E-state index >= 15 is 0 Å². The number of hydrogen-bond acceptors (Lipinski definition) is 2. The number of nitrogens with zero attached hydrogens (tertiary/aromatic N) is 1. The summed E-state index contributed by atoms with van der Waals surface area (Å²) in [5, 5.41) is 0. The van der Waals surface area contributed by atoms with Gasteiger partial charge in [0, 0.05) is 18.8 Å². The molecule has 1 aromatic rings. The summed E-state index contributed by atoms with van der Waals surface area (Å²) in [7, 11) is 0. The van der Waals surface area contributed by atoms with Gasteiger partial charge in [0.2, 0.25) is 0 Å². The highest BCUT2D eigenvalue weighted by Crippen LogP contribution is 2.24.